The Labute approximate surface area is 173 Å². The van der Waals surface area contributed by atoms with Crippen molar-refractivity contribution in [1.82, 2.24) is 10.2 Å². The van der Waals surface area contributed by atoms with E-state index >= 15 is 0 Å². The van der Waals surface area contributed by atoms with Crippen molar-refractivity contribution in [1.29, 1.82) is 0 Å². The Morgan fingerprint density at radius 1 is 0.966 bits per heavy atom. The Morgan fingerprint density at radius 3 is 2.34 bits per heavy atom. The molecule has 2 amide bonds. The van der Waals surface area contributed by atoms with E-state index in [0.717, 1.165) is 36.8 Å². The van der Waals surface area contributed by atoms with Crippen LogP contribution in [0.4, 0.5) is 0 Å². The Balaban J connectivity index is 1.57. The van der Waals surface area contributed by atoms with E-state index in [1.54, 1.807) is 4.90 Å². The Hall–Kier alpha value is -2.62. The standard InChI is InChI=1S/C25H30N2O2/c1-18-13-15-19(16-14-18)17-27-23(21-11-7-8-12-22(21)25(27)29)24(28)26-20-9-5-3-2-4-6-10-20/h7-8,11-16,20,23H,2-6,9-10,17H2,1H3,(H,26,28). The number of hydrogen-bond acceptors (Lipinski definition) is 2. The summed E-state index contributed by atoms with van der Waals surface area (Å²) in [6, 6.07) is 15.4. The quantitative estimate of drug-likeness (QED) is 0.805. The third kappa shape index (κ3) is 4.36. The molecule has 1 N–H and O–H groups in total. The van der Waals surface area contributed by atoms with Crippen molar-refractivity contribution >= 4 is 11.8 Å². The SMILES string of the molecule is Cc1ccc(CN2C(=O)c3ccccc3C2C(=O)NC2CCCCCCC2)cc1. The van der Waals surface area contributed by atoms with Crippen molar-refractivity contribution < 1.29 is 9.59 Å². The van der Waals surface area contributed by atoms with E-state index in [1.807, 2.05) is 55.5 Å². The van der Waals surface area contributed by atoms with Crippen LogP contribution in [-0.4, -0.2) is 22.8 Å². The van der Waals surface area contributed by atoms with Gasteiger partial charge >= 0.3 is 0 Å². The summed E-state index contributed by atoms with van der Waals surface area (Å²) in [6.07, 6.45) is 8.19. The fourth-order valence-corrected chi connectivity index (χ4v) is 4.59. The molecule has 0 radical (unpaired) electrons. The van der Waals surface area contributed by atoms with Crippen LogP contribution in [-0.2, 0) is 11.3 Å². The van der Waals surface area contributed by atoms with Gasteiger partial charge in [-0.15, -0.1) is 0 Å². The first-order valence-electron chi connectivity index (χ1n) is 10.9. The molecule has 0 saturated heterocycles. The first-order valence-corrected chi connectivity index (χ1v) is 10.9. The molecule has 1 fully saturated rings. The highest BCUT2D eigenvalue weighted by Gasteiger charge is 2.41. The second kappa shape index (κ2) is 8.81. The Bertz CT molecular complexity index is 867. The molecular weight excluding hydrogens is 360 g/mol. The van der Waals surface area contributed by atoms with E-state index in [4.69, 9.17) is 0 Å². The van der Waals surface area contributed by atoms with Gasteiger partial charge in [0.05, 0.1) is 0 Å². The number of carbonyl (C=O) groups is 2. The lowest BCUT2D eigenvalue weighted by Gasteiger charge is -2.28. The number of benzene rings is 2. The maximum absolute atomic E-state index is 13.4. The van der Waals surface area contributed by atoms with Crippen LogP contribution in [0.3, 0.4) is 0 Å². The van der Waals surface area contributed by atoms with Crippen molar-refractivity contribution in [2.45, 2.75) is 70.5 Å². The number of carbonyl (C=O) groups excluding carboxylic acids is 2. The Morgan fingerprint density at radius 2 is 1.62 bits per heavy atom. The van der Waals surface area contributed by atoms with Crippen molar-refractivity contribution in [3.8, 4) is 0 Å². The van der Waals surface area contributed by atoms with Crippen molar-refractivity contribution in [2.24, 2.45) is 0 Å². The van der Waals surface area contributed by atoms with E-state index < -0.39 is 6.04 Å². The number of aryl methyl sites for hydroxylation is 1. The maximum Gasteiger partial charge on any atom is 0.255 e. The molecule has 2 aromatic rings. The molecule has 1 unspecified atom stereocenters. The zero-order valence-electron chi connectivity index (χ0n) is 17.2. The molecule has 1 atom stereocenters. The van der Waals surface area contributed by atoms with Gasteiger partial charge in [-0.05, 0) is 37.0 Å². The van der Waals surface area contributed by atoms with E-state index in [9.17, 15) is 9.59 Å². The van der Waals surface area contributed by atoms with Crippen molar-refractivity contribution in [3.05, 3.63) is 70.8 Å². The molecule has 0 aromatic heterocycles. The van der Waals surface area contributed by atoms with E-state index in [1.165, 1.54) is 24.8 Å². The van der Waals surface area contributed by atoms with Crippen LogP contribution in [0.2, 0.25) is 0 Å². The van der Waals surface area contributed by atoms with Gasteiger partial charge in [-0.1, -0.05) is 80.1 Å². The summed E-state index contributed by atoms with van der Waals surface area (Å²) in [5.41, 5.74) is 3.70. The van der Waals surface area contributed by atoms with Gasteiger partial charge in [-0.2, -0.15) is 0 Å². The molecule has 2 aliphatic rings. The molecule has 1 aliphatic carbocycles. The third-order valence-electron chi connectivity index (χ3n) is 6.23. The summed E-state index contributed by atoms with van der Waals surface area (Å²) < 4.78 is 0. The molecule has 1 heterocycles. The second-order valence-corrected chi connectivity index (χ2v) is 8.46. The lowest BCUT2D eigenvalue weighted by molar-refractivity contribution is -0.126. The molecule has 0 spiro atoms. The number of amides is 2. The minimum absolute atomic E-state index is 0.0408. The monoisotopic (exact) mass is 390 g/mol. The van der Waals surface area contributed by atoms with Crippen LogP contribution in [0, 0.1) is 6.92 Å². The fraction of sp³-hybridized carbons (Fsp3) is 0.440. The van der Waals surface area contributed by atoms with E-state index in [-0.39, 0.29) is 17.9 Å². The predicted molar refractivity (Wildman–Crippen MR) is 114 cm³/mol. The summed E-state index contributed by atoms with van der Waals surface area (Å²) in [7, 11) is 0. The second-order valence-electron chi connectivity index (χ2n) is 8.46. The van der Waals surface area contributed by atoms with Gasteiger partial charge in [-0.3, -0.25) is 9.59 Å². The summed E-state index contributed by atoms with van der Waals surface area (Å²) in [4.78, 5) is 28.2. The number of hydrogen-bond donors (Lipinski definition) is 1. The highest BCUT2D eigenvalue weighted by molar-refractivity contribution is 6.04. The molecule has 152 valence electrons. The lowest BCUT2D eigenvalue weighted by Crippen LogP contribution is -2.43. The number of fused-ring (bicyclic) bond motifs is 1. The predicted octanol–water partition coefficient (Wildman–Crippen LogP) is 4.92. The molecule has 29 heavy (non-hydrogen) atoms. The molecule has 2 aromatic carbocycles. The van der Waals surface area contributed by atoms with Crippen LogP contribution in [0.5, 0.6) is 0 Å². The van der Waals surface area contributed by atoms with Crippen LogP contribution < -0.4 is 5.32 Å². The van der Waals surface area contributed by atoms with Gasteiger partial charge in [0.1, 0.15) is 6.04 Å². The van der Waals surface area contributed by atoms with Crippen LogP contribution >= 0.6 is 0 Å². The van der Waals surface area contributed by atoms with Crippen LogP contribution in [0.25, 0.3) is 0 Å². The number of rotatable bonds is 4. The molecule has 1 aliphatic heterocycles. The van der Waals surface area contributed by atoms with Gasteiger partial charge in [-0.25, -0.2) is 0 Å². The minimum atomic E-state index is -0.551. The van der Waals surface area contributed by atoms with Crippen molar-refractivity contribution in [3.63, 3.8) is 0 Å². The third-order valence-corrected chi connectivity index (χ3v) is 6.23. The molecule has 4 heteroatoms. The van der Waals surface area contributed by atoms with Gasteiger partial charge in [0.25, 0.3) is 5.91 Å². The molecule has 0 bridgehead atoms. The first kappa shape index (κ1) is 19.7. The fourth-order valence-electron chi connectivity index (χ4n) is 4.59. The largest absolute Gasteiger partial charge is 0.351 e. The first-order chi connectivity index (χ1) is 14.1. The average molecular weight is 391 g/mol. The zero-order valence-corrected chi connectivity index (χ0v) is 17.2. The van der Waals surface area contributed by atoms with E-state index in [0.29, 0.717) is 12.1 Å². The highest BCUT2D eigenvalue weighted by Crippen LogP contribution is 2.35. The summed E-state index contributed by atoms with van der Waals surface area (Å²) >= 11 is 0. The van der Waals surface area contributed by atoms with Gasteiger partial charge in [0.2, 0.25) is 5.91 Å². The average Bonchev–Trinajstić information content (AvgIpc) is 2.98. The Kier molecular flexibility index (Phi) is 5.98. The van der Waals surface area contributed by atoms with Crippen LogP contribution in [0.15, 0.2) is 48.5 Å². The molecule has 1 saturated carbocycles. The van der Waals surface area contributed by atoms with Gasteiger partial charge < -0.3 is 10.2 Å². The minimum Gasteiger partial charge on any atom is -0.351 e. The maximum atomic E-state index is 13.4. The van der Waals surface area contributed by atoms with E-state index in [2.05, 4.69) is 5.32 Å². The highest BCUT2D eigenvalue weighted by atomic mass is 16.2. The van der Waals surface area contributed by atoms with Gasteiger partial charge in [0.15, 0.2) is 0 Å². The summed E-state index contributed by atoms with van der Waals surface area (Å²) in [5, 5.41) is 3.28. The molecule has 4 nitrogen and oxygen atoms in total. The summed E-state index contributed by atoms with van der Waals surface area (Å²) in [6.45, 7) is 2.49. The lowest BCUT2D eigenvalue weighted by atomic mass is 9.96. The smallest absolute Gasteiger partial charge is 0.255 e. The van der Waals surface area contributed by atoms with Crippen molar-refractivity contribution in [2.75, 3.05) is 0 Å². The molecule has 4 rings (SSSR count). The summed E-state index contributed by atoms with van der Waals surface area (Å²) in [5.74, 6) is -0.0972. The normalized spacial score (nSPS) is 20.1. The topological polar surface area (TPSA) is 49.4 Å². The number of nitrogens with one attached hydrogen (secondary N) is 1. The number of nitrogens with zero attached hydrogens (tertiary/aromatic N) is 1. The van der Waals surface area contributed by atoms with Gasteiger partial charge in [0, 0.05) is 18.2 Å². The van der Waals surface area contributed by atoms with Crippen LogP contribution in [0.1, 0.15) is 78.0 Å². The zero-order chi connectivity index (χ0) is 20.2. The molecular formula is C25H30N2O2.